The molecule has 0 fully saturated rings. The summed E-state index contributed by atoms with van der Waals surface area (Å²) in [6.45, 7) is 17.2. The van der Waals surface area contributed by atoms with Crippen LogP contribution in [-0.2, 0) is 9.59 Å². The van der Waals surface area contributed by atoms with Crippen LogP contribution in [0.3, 0.4) is 0 Å². The third kappa shape index (κ3) is 23.3. The van der Waals surface area contributed by atoms with E-state index in [4.69, 9.17) is 0 Å². The zero-order chi connectivity index (χ0) is 52.2. The number of allylic oxidation sites excluding steroid dienone is 5. The van der Waals surface area contributed by atoms with E-state index >= 15 is 0 Å². The van der Waals surface area contributed by atoms with E-state index in [0.29, 0.717) is 11.8 Å². The lowest BCUT2D eigenvalue weighted by Crippen LogP contribution is -2.31. The van der Waals surface area contributed by atoms with Gasteiger partial charge in [0, 0.05) is 53.9 Å². The average molecular weight is 999 g/mol. The van der Waals surface area contributed by atoms with Gasteiger partial charge in [-0.05, 0) is 56.7 Å². The summed E-state index contributed by atoms with van der Waals surface area (Å²) in [5, 5.41) is 35.4. The van der Waals surface area contributed by atoms with Crippen LogP contribution in [0, 0.1) is 11.8 Å². The first-order valence-corrected chi connectivity index (χ1v) is 30.7. The lowest BCUT2D eigenvalue weighted by molar-refractivity contribution is -0.541. The Bertz CT molecular complexity index is 1780. The number of rotatable bonds is 44. The van der Waals surface area contributed by atoms with Gasteiger partial charge in [-0.3, -0.25) is 9.59 Å². The Kier molecular flexibility index (Phi) is 33.9. The lowest BCUT2D eigenvalue weighted by Gasteiger charge is -2.26. The van der Waals surface area contributed by atoms with Crippen LogP contribution in [0.5, 0.6) is 5.75 Å². The molecule has 3 N–H and O–H groups in total. The van der Waals surface area contributed by atoms with Gasteiger partial charge in [0.1, 0.15) is 30.4 Å². The summed E-state index contributed by atoms with van der Waals surface area (Å²) < 4.78 is 2.54. The number of hydrogen-bond donors (Lipinski definition) is 3. The number of ketones is 2. The van der Waals surface area contributed by atoms with E-state index in [1.807, 2.05) is 12.1 Å². The first-order valence-electron chi connectivity index (χ1n) is 30.7. The van der Waals surface area contributed by atoms with Crippen molar-refractivity contribution in [3.8, 4) is 5.75 Å². The average Bonchev–Trinajstić information content (AvgIpc) is 3.59. The molecule has 7 nitrogen and oxygen atoms in total. The summed E-state index contributed by atoms with van der Waals surface area (Å²) in [6.07, 6.45) is 50.1. The molecule has 2 aliphatic carbocycles. The highest BCUT2D eigenvalue weighted by atomic mass is 16.3. The second kappa shape index (κ2) is 38.9. The molecular weight excluding hydrogens is 889 g/mol. The second-order valence-electron chi connectivity index (χ2n) is 22.1. The molecule has 0 aliphatic heterocycles. The predicted octanol–water partition coefficient (Wildman–Crippen LogP) is 18.8. The van der Waals surface area contributed by atoms with Crippen molar-refractivity contribution >= 4 is 28.5 Å². The summed E-state index contributed by atoms with van der Waals surface area (Å²) in [5.41, 5.74) is 1.69. The maximum absolute atomic E-state index is 13.9. The molecule has 3 rings (SSSR count). The zero-order valence-electron chi connectivity index (χ0n) is 47.5. The van der Waals surface area contributed by atoms with E-state index < -0.39 is 17.3 Å². The molecule has 72 heavy (non-hydrogen) atoms. The third-order valence-electron chi connectivity index (χ3n) is 15.7. The highest BCUT2D eigenvalue weighted by Crippen LogP contribution is 2.40. The number of hydrogen-bond acceptors (Lipinski definition) is 6. The number of carbonyl (C=O) groups is 2. The number of benzene rings is 1. The van der Waals surface area contributed by atoms with Crippen molar-refractivity contribution in [3.05, 3.63) is 64.7 Å². The molecule has 408 valence electrons. The molecule has 2 atom stereocenters. The fourth-order valence-corrected chi connectivity index (χ4v) is 11.2. The molecule has 1 aromatic carbocycles. The van der Waals surface area contributed by atoms with Gasteiger partial charge in [-0.15, -0.1) is 0 Å². The molecule has 0 bridgehead atoms. The summed E-state index contributed by atoms with van der Waals surface area (Å²) in [7, 11) is 0. The lowest BCUT2D eigenvalue weighted by atomic mass is 9.91. The van der Waals surface area contributed by atoms with E-state index in [2.05, 4.69) is 51.0 Å². The van der Waals surface area contributed by atoms with E-state index in [1.165, 1.54) is 205 Å². The van der Waals surface area contributed by atoms with Crippen LogP contribution in [0.2, 0.25) is 0 Å². The van der Waals surface area contributed by atoms with Crippen molar-refractivity contribution in [2.45, 2.75) is 273 Å². The number of anilines is 1. The Morgan fingerprint density at radius 2 is 0.833 bits per heavy atom. The largest absolute Gasteiger partial charge is 0.507 e. The molecule has 0 saturated carbocycles. The summed E-state index contributed by atoms with van der Waals surface area (Å²) in [5.74, 6) is -1.39. The number of aromatic hydroxyl groups is 1. The van der Waals surface area contributed by atoms with Gasteiger partial charge < -0.3 is 20.2 Å². The Balaban J connectivity index is 2.02. The fraction of sp³-hybridized carbons (Fsp3) is 0.738. The van der Waals surface area contributed by atoms with Crippen molar-refractivity contribution < 1.29 is 29.5 Å². The van der Waals surface area contributed by atoms with Crippen LogP contribution in [0.4, 0.5) is 5.69 Å². The van der Waals surface area contributed by atoms with E-state index in [0.717, 1.165) is 63.3 Å². The summed E-state index contributed by atoms with van der Waals surface area (Å²) in [4.78, 5) is 30.1. The van der Waals surface area contributed by atoms with Crippen LogP contribution >= 0.6 is 0 Å². The SMILES string of the molecule is CCCCCCCCC(CCCCCC)C[N+](CC(CCCCCC)CCCCCCCC)=C1C=C/C(=C2\C(=O)C(=O)C(c3ccc(N(CCCCCCCC)CCCCCCCC)cc3O)=C2O)C(O)=C1. The van der Waals surface area contributed by atoms with E-state index in [1.54, 1.807) is 24.3 Å². The van der Waals surface area contributed by atoms with Crippen molar-refractivity contribution in [2.24, 2.45) is 11.8 Å². The normalized spacial score (nSPS) is 15.8. The number of Topliss-reactive ketones (excluding diaryl/α,β-unsaturated/α-hetero) is 2. The van der Waals surface area contributed by atoms with Gasteiger partial charge in [0.2, 0.25) is 17.3 Å². The van der Waals surface area contributed by atoms with E-state index in [9.17, 15) is 24.9 Å². The minimum atomic E-state index is -0.868. The molecule has 0 heterocycles. The smallest absolute Gasteiger partial charge is 0.238 e. The van der Waals surface area contributed by atoms with Crippen LogP contribution in [-0.4, -0.2) is 63.4 Å². The fourth-order valence-electron chi connectivity index (χ4n) is 11.2. The van der Waals surface area contributed by atoms with Crippen molar-refractivity contribution in [2.75, 3.05) is 31.1 Å². The van der Waals surface area contributed by atoms with Gasteiger partial charge in [-0.25, -0.2) is 4.58 Å². The van der Waals surface area contributed by atoms with Crippen molar-refractivity contribution in [1.29, 1.82) is 0 Å². The van der Waals surface area contributed by atoms with Crippen LogP contribution in [0.15, 0.2) is 59.1 Å². The molecule has 1 aromatic rings. The second-order valence-corrected chi connectivity index (χ2v) is 22.1. The number of aliphatic hydroxyl groups excluding tert-OH is 2. The van der Waals surface area contributed by atoms with Crippen LogP contribution in [0.1, 0.15) is 278 Å². The standard InChI is InChI=1S/C65H108N2O5/c1-7-13-19-25-29-35-41-53(39-33-23-17-11-5)51-67(52-54(40-34-24-18-12-6)42-36-30-26-20-14-8-2)56-44-46-58(60(69)50-56)62-63(70)61(64(71)65(62)72)57-45-43-55(49-59(57)68)66(47-37-31-27-21-15-9-3)48-38-32-28-22-16-10-4/h43-46,49-50,53-54H,7-42,47-48,51-52H2,1-6H3,(H2,68,69,70,71,72)/p+1. The summed E-state index contributed by atoms with van der Waals surface area (Å²) >= 11 is 0. The molecule has 0 saturated heterocycles. The molecule has 0 spiro atoms. The number of carbonyl (C=O) groups excluding carboxylic acids is 2. The molecule has 2 unspecified atom stereocenters. The quantitative estimate of drug-likeness (QED) is 0.0261. The van der Waals surface area contributed by atoms with Gasteiger partial charge in [0.15, 0.2) is 0 Å². The number of unbranched alkanes of at least 4 members (excludes halogenated alkanes) is 26. The van der Waals surface area contributed by atoms with Crippen LogP contribution in [0.25, 0.3) is 5.57 Å². The topological polar surface area (TPSA) is 101 Å². The molecule has 2 aliphatic rings. The van der Waals surface area contributed by atoms with Crippen molar-refractivity contribution in [3.63, 3.8) is 0 Å². The first-order chi connectivity index (χ1) is 35.1. The molecular formula is C65H109N2O5+. The minimum Gasteiger partial charge on any atom is -0.507 e. The Morgan fingerprint density at radius 3 is 1.24 bits per heavy atom. The zero-order valence-corrected chi connectivity index (χ0v) is 47.5. The highest BCUT2D eigenvalue weighted by molar-refractivity contribution is 6.63. The van der Waals surface area contributed by atoms with Gasteiger partial charge in [0.05, 0.1) is 17.2 Å². The summed E-state index contributed by atoms with van der Waals surface area (Å²) in [6, 6.07) is 5.27. The Morgan fingerprint density at radius 1 is 0.458 bits per heavy atom. The predicted molar refractivity (Wildman–Crippen MR) is 309 cm³/mol. The monoisotopic (exact) mass is 998 g/mol. The van der Waals surface area contributed by atoms with Crippen LogP contribution < -0.4 is 4.90 Å². The first kappa shape index (κ1) is 62.7. The Labute approximate surface area is 442 Å². The van der Waals surface area contributed by atoms with Crippen molar-refractivity contribution in [1.82, 2.24) is 0 Å². The van der Waals surface area contributed by atoms with Gasteiger partial charge >= 0.3 is 0 Å². The Hall–Kier alpha value is -3.61. The van der Waals surface area contributed by atoms with E-state index in [-0.39, 0.29) is 33.8 Å². The number of phenols is 1. The molecule has 0 amide bonds. The number of phenolic OH excluding ortho intramolecular Hbond substituents is 1. The third-order valence-corrected chi connectivity index (χ3v) is 15.7. The minimum absolute atomic E-state index is 0.119. The maximum Gasteiger partial charge on any atom is 0.238 e. The van der Waals surface area contributed by atoms with Gasteiger partial charge in [-0.2, -0.15) is 0 Å². The maximum atomic E-state index is 13.9. The number of aliphatic hydroxyl groups is 2. The van der Waals surface area contributed by atoms with Gasteiger partial charge in [-0.1, -0.05) is 234 Å². The molecule has 0 aromatic heterocycles. The van der Waals surface area contributed by atoms with Gasteiger partial charge in [0.25, 0.3) is 0 Å². The highest BCUT2D eigenvalue weighted by Gasteiger charge is 2.41. The number of nitrogens with zero attached hydrogens (tertiary/aromatic N) is 2. The molecule has 0 radical (unpaired) electrons. The molecule has 7 heteroatoms.